The summed E-state index contributed by atoms with van der Waals surface area (Å²) in [5.41, 5.74) is 4.34. The van der Waals surface area contributed by atoms with Crippen LogP contribution in [0.25, 0.3) is 0 Å². The lowest BCUT2D eigenvalue weighted by Gasteiger charge is -2.07. The number of hydrogen-bond donors (Lipinski definition) is 1. The number of carbonyl (C=O) groups is 1. The van der Waals surface area contributed by atoms with Gasteiger partial charge in [0.05, 0.1) is 29.8 Å². The quantitative estimate of drug-likeness (QED) is 0.657. The second kappa shape index (κ2) is 7.59. The van der Waals surface area contributed by atoms with E-state index in [1.165, 1.54) is 0 Å². The minimum Gasteiger partial charge on any atom is -0.382 e. The number of halogens is 1. The number of nitrogens with zero attached hydrogens (tertiary/aromatic N) is 5. The molecular weight excluding hydrogens is 424 g/mol. The van der Waals surface area contributed by atoms with E-state index in [0.717, 1.165) is 27.0 Å². The van der Waals surface area contributed by atoms with Gasteiger partial charge in [-0.1, -0.05) is 33.2 Å². The maximum Gasteiger partial charge on any atom is 0.268 e. The Morgan fingerprint density at radius 3 is 3.00 bits per heavy atom. The van der Waals surface area contributed by atoms with Crippen LogP contribution in [0.1, 0.15) is 23.2 Å². The van der Waals surface area contributed by atoms with Crippen LogP contribution in [0.15, 0.2) is 52.5 Å². The van der Waals surface area contributed by atoms with Gasteiger partial charge in [0.15, 0.2) is 0 Å². The van der Waals surface area contributed by atoms with Crippen LogP contribution in [0.4, 0.5) is 5.69 Å². The fraction of sp³-hybridized carbons (Fsp3) is 0.263. The summed E-state index contributed by atoms with van der Waals surface area (Å²) >= 11 is 3.44. The van der Waals surface area contributed by atoms with Gasteiger partial charge in [-0.15, -0.1) is 0 Å². The van der Waals surface area contributed by atoms with E-state index < -0.39 is 6.10 Å². The normalized spacial score (nSPS) is 16.0. The lowest BCUT2D eigenvalue weighted by molar-refractivity contribution is -0.125. The Labute approximate surface area is 170 Å². The van der Waals surface area contributed by atoms with E-state index in [-0.39, 0.29) is 5.91 Å². The number of amides is 1. The van der Waals surface area contributed by atoms with Gasteiger partial charge in [0.1, 0.15) is 0 Å². The van der Waals surface area contributed by atoms with E-state index in [1.54, 1.807) is 21.8 Å². The third-order valence-corrected chi connectivity index (χ3v) is 4.96. The number of nitrogens with one attached hydrogen (secondary N) is 1. The van der Waals surface area contributed by atoms with Gasteiger partial charge in [-0.2, -0.15) is 10.2 Å². The lowest BCUT2D eigenvalue weighted by Crippen LogP contribution is -2.27. The third-order valence-electron chi connectivity index (χ3n) is 4.47. The number of aromatic nitrogens is 4. The van der Waals surface area contributed by atoms with E-state index in [1.807, 2.05) is 44.4 Å². The first-order valence-electron chi connectivity index (χ1n) is 8.79. The zero-order valence-electron chi connectivity index (χ0n) is 15.5. The summed E-state index contributed by atoms with van der Waals surface area (Å²) in [6.07, 6.45) is 5.13. The first kappa shape index (κ1) is 18.4. The average Bonchev–Trinajstić information content (AvgIpc) is 3.36. The van der Waals surface area contributed by atoms with Crippen molar-refractivity contribution in [1.29, 1.82) is 0 Å². The number of benzene rings is 1. The minimum absolute atomic E-state index is 0.245. The molecule has 1 unspecified atom stereocenters. The summed E-state index contributed by atoms with van der Waals surface area (Å²) in [5, 5.41) is 15.5. The number of rotatable bonds is 5. The topological polar surface area (TPSA) is 86.3 Å². The fourth-order valence-electron chi connectivity index (χ4n) is 3.07. The zero-order chi connectivity index (χ0) is 19.7. The Bertz CT molecular complexity index is 1050. The summed E-state index contributed by atoms with van der Waals surface area (Å²) in [6, 6.07) is 7.76. The highest BCUT2D eigenvalue weighted by Gasteiger charge is 2.29. The van der Waals surface area contributed by atoms with Gasteiger partial charge >= 0.3 is 0 Å². The van der Waals surface area contributed by atoms with Crippen molar-refractivity contribution in [2.45, 2.75) is 26.0 Å². The van der Waals surface area contributed by atoms with Gasteiger partial charge in [-0.25, -0.2) is 0 Å². The third kappa shape index (κ3) is 3.99. The van der Waals surface area contributed by atoms with Crippen molar-refractivity contribution in [1.82, 2.24) is 19.6 Å². The van der Waals surface area contributed by atoms with Crippen molar-refractivity contribution in [2.24, 2.45) is 12.2 Å². The van der Waals surface area contributed by atoms with Gasteiger partial charge in [0, 0.05) is 41.5 Å². The van der Waals surface area contributed by atoms with Gasteiger partial charge in [0.25, 0.3) is 5.91 Å². The van der Waals surface area contributed by atoms with E-state index in [4.69, 9.17) is 4.84 Å². The number of oxime groups is 1. The smallest absolute Gasteiger partial charge is 0.268 e. The monoisotopic (exact) mass is 442 g/mol. The van der Waals surface area contributed by atoms with Crippen LogP contribution in [0, 0.1) is 6.92 Å². The molecule has 9 heteroatoms. The summed E-state index contributed by atoms with van der Waals surface area (Å²) in [4.78, 5) is 17.9. The molecule has 8 nitrogen and oxygen atoms in total. The molecule has 28 heavy (non-hydrogen) atoms. The van der Waals surface area contributed by atoms with Crippen molar-refractivity contribution in [2.75, 3.05) is 5.32 Å². The standard InChI is InChI=1S/C19H19BrN6O2/c1-12-14(9-25(2)23-12)10-26-11-16(8-21-26)22-19(27)18-7-17(24-28-18)13-4-3-5-15(20)6-13/h3-6,8-9,11,18H,7,10H2,1-2H3,(H,22,27). The molecule has 0 aliphatic carbocycles. The van der Waals surface area contributed by atoms with Crippen molar-refractivity contribution in [3.05, 3.63) is 64.1 Å². The van der Waals surface area contributed by atoms with Crippen LogP contribution < -0.4 is 5.32 Å². The molecule has 0 spiro atoms. The highest BCUT2D eigenvalue weighted by Crippen LogP contribution is 2.21. The van der Waals surface area contributed by atoms with Crippen LogP contribution in [-0.4, -0.2) is 37.3 Å². The second-order valence-electron chi connectivity index (χ2n) is 6.68. The molecule has 1 aliphatic rings. The fourth-order valence-corrected chi connectivity index (χ4v) is 3.47. The van der Waals surface area contributed by atoms with Crippen LogP contribution in [0.5, 0.6) is 0 Å². The van der Waals surface area contributed by atoms with E-state index in [9.17, 15) is 4.79 Å². The number of hydrogen-bond acceptors (Lipinski definition) is 5. The van der Waals surface area contributed by atoms with Gasteiger partial charge in [0.2, 0.25) is 6.10 Å². The van der Waals surface area contributed by atoms with Crippen LogP contribution >= 0.6 is 15.9 Å². The van der Waals surface area contributed by atoms with Crippen molar-refractivity contribution < 1.29 is 9.63 Å². The molecular formula is C19H19BrN6O2. The maximum atomic E-state index is 12.5. The van der Waals surface area contributed by atoms with Crippen LogP contribution in [0.2, 0.25) is 0 Å². The summed E-state index contributed by atoms with van der Waals surface area (Å²) in [5.74, 6) is -0.245. The lowest BCUT2D eigenvalue weighted by atomic mass is 10.0. The van der Waals surface area contributed by atoms with E-state index in [2.05, 4.69) is 36.6 Å². The average molecular weight is 443 g/mol. The summed E-state index contributed by atoms with van der Waals surface area (Å²) in [6.45, 7) is 2.55. The Hall–Kier alpha value is -2.94. The van der Waals surface area contributed by atoms with Crippen molar-refractivity contribution >= 4 is 33.2 Å². The SMILES string of the molecule is Cc1nn(C)cc1Cn1cc(NC(=O)C2CC(c3cccc(Br)c3)=NO2)cn1. The van der Waals surface area contributed by atoms with Crippen LogP contribution in [-0.2, 0) is 23.2 Å². The van der Waals surface area contributed by atoms with E-state index in [0.29, 0.717) is 18.7 Å². The summed E-state index contributed by atoms with van der Waals surface area (Å²) in [7, 11) is 1.89. The molecule has 0 saturated carbocycles. The molecule has 1 aliphatic heterocycles. The molecule has 3 aromatic rings. The zero-order valence-corrected chi connectivity index (χ0v) is 17.0. The van der Waals surface area contributed by atoms with Crippen LogP contribution in [0.3, 0.4) is 0 Å². The first-order valence-corrected chi connectivity index (χ1v) is 9.58. The Kier molecular flexibility index (Phi) is 4.99. The van der Waals surface area contributed by atoms with Gasteiger partial charge in [-0.05, 0) is 19.1 Å². The molecule has 0 saturated heterocycles. The predicted molar refractivity (Wildman–Crippen MR) is 108 cm³/mol. The molecule has 3 heterocycles. The second-order valence-corrected chi connectivity index (χ2v) is 7.59. The number of carbonyl (C=O) groups excluding carboxylic acids is 1. The van der Waals surface area contributed by atoms with Gasteiger partial charge in [-0.3, -0.25) is 14.2 Å². The molecule has 0 bridgehead atoms. The number of aryl methyl sites for hydroxylation is 2. The number of anilines is 1. The largest absolute Gasteiger partial charge is 0.382 e. The van der Waals surface area contributed by atoms with Gasteiger partial charge < -0.3 is 10.2 Å². The minimum atomic E-state index is -0.655. The van der Waals surface area contributed by atoms with E-state index >= 15 is 0 Å². The Morgan fingerprint density at radius 1 is 1.39 bits per heavy atom. The first-order chi connectivity index (χ1) is 13.5. The molecule has 1 atom stereocenters. The van der Waals surface area contributed by atoms with Crippen molar-refractivity contribution in [3.8, 4) is 0 Å². The molecule has 4 rings (SSSR count). The molecule has 0 radical (unpaired) electrons. The molecule has 0 fully saturated rings. The Morgan fingerprint density at radius 2 is 2.25 bits per heavy atom. The molecule has 1 N–H and O–H groups in total. The Balaban J connectivity index is 1.36. The molecule has 1 aromatic carbocycles. The highest BCUT2D eigenvalue weighted by atomic mass is 79.9. The molecule has 144 valence electrons. The predicted octanol–water partition coefficient (Wildman–Crippen LogP) is 2.87. The molecule has 1 amide bonds. The van der Waals surface area contributed by atoms with Crippen molar-refractivity contribution in [3.63, 3.8) is 0 Å². The highest BCUT2D eigenvalue weighted by molar-refractivity contribution is 9.10. The summed E-state index contributed by atoms with van der Waals surface area (Å²) < 4.78 is 4.49. The maximum absolute atomic E-state index is 12.5. The molecule has 2 aromatic heterocycles.